The number of aliphatic hydroxyl groups is 1. The number of allylic oxidation sites excluding steroid dienone is 2. The maximum absolute atomic E-state index is 13.0. The lowest BCUT2D eigenvalue weighted by Crippen LogP contribution is -2.64. The van der Waals surface area contributed by atoms with Gasteiger partial charge in [-0.15, -0.1) is 0 Å². The van der Waals surface area contributed by atoms with E-state index in [1.165, 1.54) is 36.1 Å². The van der Waals surface area contributed by atoms with Crippen LogP contribution in [-0.4, -0.2) is 36.5 Å². The Balaban J connectivity index is 1.62. The van der Waals surface area contributed by atoms with Crippen LogP contribution in [0.5, 0.6) is 0 Å². The van der Waals surface area contributed by atoms with Crippen molar-refractivity contribution in [1.82, 2.24) is 4.31 Å². The van der Waals surface area contributed by atoms with E-state index in [2.05, 4.69) is 12.1 Å². The molecule has 2 aromatic carbocycles. The smallest absolute Gasteiger partial charge is 0.244 e. The Morgan fingerprint density at radius 1 is 1.07 bits per heavy atom. The summed E-state index contributed by atoms with van der Waals surface area (Å²) in [6, 6.07) is 16.8. The molecule has 0 bridgehead atoms. The second-order valence-corrected chi connectivity index (χ2v) is 9.44. The second kappa shape index (κ2) is 8.11. The highest BCUT2D eigenvalue weighted by Crippen LogP contribution is 2.44. The first-order valence-electron chi connectivity index (χ1n) is 9.96. The van der Waals surface area contributed by atoms with Crippen molar-refractivity contribution in [1.29, 1.82) is 5.26 Å². The molecule has 0 spiro atoms. The number of nitrogens with zero attached hydrogens (tertiary/aromatic N) is 2. The van der Waals surface area contributed by atoms with Crippen molar-refractivity contribution in [3.8, 4) is 6.07 Å². The lowest BCUT2D eigenvalue weighted by molar-refractivity contribution is 0.0557. The predicted octanol–water partition coefficient (Wildman–Crippen LogP) is 3.69. The molecule has 1 saturated heterocycles. The summed E-state index contributed by atoms with van der Waals surface area (Å²) in [5.74, 6) is -0.349. The van der Waals surface area contributed by atoms with Crippen LogP contribution in [0.4, 0.5) is 0 Å². The van der Waals surface area contributed by atoms with Crippen LogP contribution >= 0.6 is 0 Å². The summed E-state index contributed by atoms with van der Waals surface area (Å²) < 4.78 is 27.3. The van der Waals surface area contributed by atoms with Crippen LogP contribution in [0.1, 0.15) is 42.7 Å². The van der Waals surface area contributed by atoms with E-state index in [4.69, 9.17) is 0 Å². The van der Waals surface area contributed by atoms with Crippen LogP contribution in [0.3, 0.4) is 0 Å². The zero-order valence-electron chi connectivity index (χ0n) is 16.1. The van der Waals surface area contributed by atoms with Gasteiger partial charge in [0, 0.05) is 5.92 Å². The maximum Gasteiger partial charge on any atom is 0.244 e. The highest BCUT2D eigenvalue weighted by molar-refractivity contribution is 7.89. The van der Waals surface area contributed by atoms with Gasteiger partial charge in [-0.05, 0) is 54.5 Å². The molecule has 29 heavy (non-hydrogen) atoms. The van der Waals surface area contributed by atoms with E-state index in [1.54, 1.807) is 18.2 Å². The highest BCUT2D eigenvalue weighted by atomic mass is 32.2. The molecule has 0 unspecified atom stereocenters. The van der Waals surface area contributed by atoms with Crippen LogP contribution < -0.4 is 0 Å². The minimum atomic E-state index is -3.85. The van der Waals surface area contributed by atoms with Gasteiger partial charge in [0.1, 0.15) is 6.04 Å². The molecule has 3 atom stereocenters. The molecule has 1 aliphatic heterocycles. The molecular weight excluding hydrogens is 384 g/mol. The largest absolute Gasteiger partial charge is 0.395 e. The first-order valence-corrected chi connectivity index (χ1v) is 11.4. The van der Waals surface area contributed by atoms with E-state index in [1.807, 2.05) is 24.3 Å². The molecule has 0 radical (unpaired) electrons. The average molecular weight is 409 g/mol. The van der Waals surface area contributed by atoms with Crippen LogP contribution in [0.25, 0.3) is 5.57 Å². The summed E-state index contributed by atoms with van der Waals surface area (Å²) >= 11 is 0. The fraction of sp³-hybridized carbons (Fsp3) is 0.348. The van der Waals surface area contributed by atoms with E-state index in [0.717, 1.165) is 22.7 Å². The third-order valence-corrected chi connectivity index (χ3v) is 7.87. The van der Waals surface area contributed by atoms with Gasteiger partial charge in [0.05, 0.1) is 23.6 Å². The number of rotatable bonds is 5. The minimum Gasteiger partial charge on any atom is -0.395 e. The van der Waals surface area contributed by atoms with E-state index < -0.39 is 22.1 Å². The Morgan fingerprint density at radius 2 is 1.79 bits per heavy atom. The molecule has 0 saturated carbocycles. The Hall–Kier alpha value is -2.46. The first-order chi connectivity index (χ1) is 14.1. The molecule has 1 aliphatic carbocycles. The number of nitriles is 1. The van der Waals surface area contributed by atoms with Gasteiger partial charge in [-0.2, -0.15) is 9.57 Å². The highest BCUT2D eigenvalue weighted by Gasteiger charge is 2.55. The number of benzene rings is 2. The fourth-order valence-electron chi connectivity index (χ4n) is 4.43. The topological polar surface area (TPSA) is 81.4 Å². The number of hydrogen-bond donors (Lipinski definition) is 1. The quantitative estimate of drug-likeness (QED) is 0.818. The standard InChI is InChI=1S/C23H24N2O3S/c24-15-21-23(19-13-11-18(12-14-19)17-7-3-1-4-8-17)22(16-26)25(21)29(27,28)20-9-5-2-6-10-20/h2,5-7,9-14,21-23,26H,1,3-4,8,16H2/t21-,22-,23-/m1/s1. The average Bonchev–Trinajstić information content (AvgIpc) is 2.75. The van der Waals surface area contributed by atoms with Gasteiger partial charge in [0.15, 0.2) is 0 Å². The van der Waals surface area contributed by atoms with E-state index in [0.29, 0.717) is 0 Å². The molecule has 150 valence electrons. The van der Waals surface area contributed by atoms with Crippen molar-refractivity contribution in [2.24, 2.45) is 0 Å². The van der Waals surface area contributed by atoms with Crippen molar-refractivity contribution < 1.29 is 13.5 Å². The van der Waals surface area contributed by atoms with E-state index in [-0.39, 0.29) is 17.4 Å². The molecule has 0 amide bonds. The number of aliphatic hydroxyl groups excluding tert-OH is 1. The Kier molecular flexibility index (Phi) is 5.55. The van der Waals surface area contributed by atoms with Crippen molar-refractivity contribution >= 4 is 15.6 Å². The Bertz CT molecular complexity index is 1040. The Morgan fingerprint density at radius 3 is 2.38 bits per heavy atom. The molecule has 4 rings (SSSR count). The number of hydrogen-bond acceptors (Lipinski definition) is 4. The van der Waals surface area contributed by atoms with E-state index >= 15 is 0 Å². The van der Waals surface area contributed by atoms with Crippen molar-refractivity contribution in [3.05, 3.63) is 71.8 Å². The van der Waals surface area contributed by atoms with Crippen molar-refractivity contribution in [2.45, 2.75) is 48.6 Å². The lowest BCUT2D eigenvalue weighted by Gasteiger charge is -2.50. The third-order valence-electron chi connectivity index (χ3n) is 5.95. The maximum atomic E-state index is 13.0. The van der Waals surface area contributed by atoms with Crippen molar-refractivity contribution in [2.75, 3.05) is 6.61 Å². The Labute approximate surface area is 172 Å². The SMILES string of the molecule is N#C[C@@H]1[C@@H](c2ccc(C3=CCCCC3)cc2)[C@@H](CO)N1S(=O)(=O)c1ccccc1. The summed E-state index contributed by atoms with van der Waals surface area (Å²) in [6.07, 6.45) is 6.90. The van der Waals surface area contributed by atoms with Crippen LogP contribution in [0.2, 0.25) is 0 Å². The second-order valence-electron chi connectivity index (χ2n) is 7.59. The van der Waals surface area contributed by atoms with Gasteiger partial charge < -0.3 is 5.11 Å². The molecule has 1 heterocycles. The molecule has 1 N–H and O–H groups in total. The van der Waals surface area contributed by atoms with Crippen molar-refractivity contribution in [3.63, 3.8) is 0 Å². The normalized spacial score (nSPS) is 25.0. The van der Waals surface area contributed by atoms with Gasteiger partial charge in [-0.1, -0.05) is 48.5 Å². The molecule has 5 nitrogen and oxygen atoms in total. The van der Waals surface area contributed by atoms with Gasteiger partial charge in [0.2, 0.25) is 10.0 Å². The van der Waals surface area contributed by atoms with Crippen LogP contribution in [-0.2, 0) is 10.0 Å². The third kappa shape index (κ3) is 3.51. The molecule has 2 aliphatic rings. The monoisotopic (exact) mass is 408 g/mol. The molecule has 2 aromatic rings. The van der Waals surface area contributed by atoms with Gasteiger partial charge in [0.25, 0.3) is 0 Å². The molecule has 6 heteroatoms. The van der Waals surface area contributed by atoms with Crippen LogP contribution in [0, 0.1) is 11.3 Å². The zero-order chi connectivity index (χ0) is 20.4. The zero-order valence-corrected chi connectivity index (χ0v) is 16.9. The van der Waals surface area contributed by atoms with Gasteiger partial charge >= 0.3 is 0 Å². The summed E-state index contributed by atoms with van der Waals surface area (Å²) in [4.78, 5) is 0.136. The first kappa shape index (κ1) is 19.8. The molecule has 0 aromatic heterocycles. The fourth-order valence-corrected chi connectivity index (χ4v) is 6.21. The lowest BCUT2D eigenvalue weighted by atomic mass is 9.78. The summed E-state index contributed by atoms with van der Waals surface area (Å²) in [5, 5.41) is 19.7. The van der Waals surface area contributed by atoms with Gasteiger partial charge in [-0.25, -0.2) is 8.42 Å². The molecular formula is C23H24N2O3S. The van der Waals surface area contributed by atoms with Gasteiger partial charge in [-0.3, -0.25) is 0 Å². The van der Waals surface area contributed by atoms with Crippen LogP contribution in [0.15, 0.2) is 65.6 Å². The molecule has 1 fully saturated rings. The van der Waals surface area contributed by atoms with E-state index in [9.17, 15) is 18.8 Å². The minimum absolute atomic E-state index is 0.136. The summed E-state index contributed by atoms with van der Waals surface area (Å²) in [7, 11) is -3.85. The summed E-state index contributed by atoms with van der Waals surface area (Å²) in [6.45, 7) is -0.332. The predicted molar refractivity (Wildman–Crippen MR) is 111 cm³/mol. The summed E-state index contributed by atoms with van der Waals surface area (Å²) in [5.41, 5.74) is 3.41. The number of sulfonamides is 1.